The zero-order valence-electron chi connectivity index (χ0n) is 16.3. The summed E-state index contributed by atoms with van der Waals surface area (Å²) in [5.74, 6) is -1.99. The summed E-state index contributed by atoms with van der Waals surface area (Å²) >= 11 is 12.2. The minimum absolute atomic E-state index is 0.0153. The van der Waals surface area contributed by atoms with Crippen molar-refractivity contribution in [2.45, 2.75) is 6.04 Å². The average molecular weight is 465 g/mol. The zero-order chi connectivity index (χ0) is 22.4. The number of rotatable bonds is 4. The molecule has 8 heteroatoms. The number of pyridine rings is 1. The highest BCUT2D eigenvalue weighted by atomic mass is 35.5. The van der Waals surface area contributed by atoms with Gasteiger partial charge in [-0.1, -0.05) is 35.3 Å². The lowest BCUT2D eigenvalue weighted by Crippen LogP contribution is -2.31. The molecule has 158 valence electrons. The number of aliphatic hydroxyl groups excluding tert-OH is 1. The molecular weight excluding hydrogens is 451 g/mol. The number of benzene rings is 2. The first kappa shape index (κ1) is 20.3. The number of carbonyl (C=O) groups excluding carboxylic acids is 2. The Labute approximate surface area is 192 Å². The molecule has 0 fully saturated rings. The van der Waals surface area contributed by atoms with Crippen LogP contribution in [0.4, 0.5) is 5.69 Å². The molecule has 2 aromatic heterocycles. The maximum atomic E-state index is 13.5. The molecule has 0 spiro atoms. The second-order valence-electron chi connectivity index (χ2n) is 7.23. The zero-order valence-corrected chi connectivity index (χ0v) is 17.8. The number of amides is 1. The van der Waals surface area contributed by atoms with Gasteiger partial charge in [-0.25, -0.2) is 0 Å². The van der Waals surface area contributed by atoms with Crippen LogP contribution >= 0.6 is 23.2 Å². The molecule has 1 atom stereocenters. The van der Waals surface area contributed by atoms with Gasteiger partial charge in [-0.05, 0) is 54.1 Å². The lowest BCUT2D eigenvalue weighted by atomic mass is 9.96. The Morgan fingerprint density at radius 1 is 1.03 bits per heavy atom. The van der Waals surface area contributed by atoms with Gasteiger partial charge in [0.15, 0.2) is 11.5 Å². The smallest absolute Gasteiger partial charge is 0.294 e. The first-order valence-corrected chi connectivity index (χ1v) is 10.4. The van der Waals surface area contributed by atoms with Gasteiger partial charge >= 0.3 is 0 Å². The first-order chi connectivity index (χ1) is 15.4. The van der Waals surface area contributed by atoms with Crippen LogP contribution < -0.4 is 4.90 Å². The van der Waals surface area contributed by atoms with Crippen molar-refractivity contribution >= 4 is 51.5 Å². The van der Waals surface area contributed by atoms with Crippen LogP contribution in [0.15, 0.2) is 88.8 Å². The van der Waals surface area contributed by atoms with E-state index < -0.39 is 23.5 Å². The molecule has 32 heavy (non-hydrogen) atoms. The van der Waals surface area contributed by atoms with E-state index in [0.717, 1.165) is 0 Å². The van der Waals surface area contributed by atoms with Crippen LogP contribution in [0.2, 0.25) is 10.0 Å². The van der Waals surface area contributed by atoms with Crippen molar-refractivity contribution in [2.24, 2.45) is 0 Å². The molecule has 1 unspecified atom stereocenters. The molecule has 5 rings (SSSR count). The van der Waals surface area contributed by atoms with Gasteiger partial charge in [0.2, 0.25) is 5.78 Å². The second kappa shape index (κ2) is 7.82. The molecule has 0 saturated carbocycles. The van der Waals surface area contributed by atoms with Gasteiger partial charge in [-0.3, -0.25) is 19.5 Å². The summed E-state index contributed by atoms with van der Waals surface area (Å²) < 4.78 is 5.71. The number of furan rings is 1. The van der Waals surface area contributed by atoms with E-state index in [-0.39, 0.29) is 11.3 Å². The standard InChI is InChI=1S/C24H14Cl2N2O4/c25-15-4-1-5-17(11-15)28-21(13-3-2-8-27-12-13)20(23(30)24(28)31)22(29)19-10-14-9-16(26)6-7-18(14)32-19/h1-12,21,30H. The molecule has 2 aromatic carbocycles. The van der Waals surface area contributed by atoms with Crippen molar-refractivity contribution in [1.29, 1.82) is 0 Å². The van der Waals surface area contributed by atoms with Crippen LogP contribution in [-0.4, -0.2) is 21.8 Å². The number of nitrogens with zero attached hydrogens (tertiary/aromatic N) is 2. The van der Waals surface area contributed by atoms with Crippen molar-refractivity contribution < 1.29 is 19.1 Å². The third kappa shape index (κ3) is 3.34. The van der Waals surface area contributed by atoms with Gasteiger partial charge in [-0.2, -0.15) is 0 Å². The van der Waals surface area contributed by atoms with E-state index in [1.54, 1.807) is 67.0 Å². The Bertz CT molecular complexity index is 1410. The maximum Gasteiger partial charge on any atom is 0.294 e. The van der Waals surface area contributed by atoms with Crippen molar-refractivity contribution in [3.05, 3.63) is 106 Å². The number of ketones is 1. The molecule has 0 saturated heterocycles. The third-order valence-electron chi connectivity index (χ3n) is 5.24. The number of anilines is 1. The number of hydrogen-bond acceptors (Lipinski definition) is 5. The van der Waals surface area contributed by atoms with Crippen LogP contribution in [0.3, 0.4) is 0 Å². The Hall–Kier alpha value is -3.61. The summed E-state index contributed by atoms with van der Waals surface area (Å²) in [4.78, 5) is 32.1. The number of aliphatic hydroxyl groups is 1. The van der Waals surface area contributed by atoms with Gasteiger partial charge in [-0.15, -0.1) is 0 Å². The van der Waals surface area contributed by atoms with Crippen LogP contribution in [0, 0.1) is 0 Å². The van der Waals surface area contributed by atoms with E-state index in [1.807, 2.05) is 0 Å². The number of carbonyl (C=O) groups is 2. The summed E-state index contributed by atoms with van der Waals surface area (Å²) in [6, 6.07) is 15.6. The summed E-state index contributed by atoms with van der Waals surface area (Å²) in [6.07, 6.45) is 3.12. The molecule has 0 aliphatic carbocycles. The van der Waals surface area contributed by atoms with Gasteiger partial charge in [0.25, 0.3) is 5.91 Å². The van der Waals surface area contributed by atoms with Crippen LogP contribution in [0.1, 0.15) is 22.2 Å². The van der Waals surface area contributed by atoms with Crippen molar-refractivity contribution in [2.75, 3.05) is 4.90 Å². The molecule has 1 aliphatic heterocycles. The maximum absolute atomic E-state index is 13.5. The molecule has 4 aromatic rings. The number of hydrogen-bond donors (Lipinski definition) is 1. The quantitative estimate of drug-likeness (QED) is 0.379. The summed E-state index contributed by atoms with van der Waals surface area (Å²) in [5, 5.41) is 12.3. The monoisotopic (exact) mass is 464 g/mol. The predicted molar refractivity (Wildman–Crippen MR) is 121 cm³/mol. The highest BCUT2D eigenvalue weighted by molar-refractivity contribution is 6.31. The molecule has 1 N–H and O–H groups in total. The van der Waals surface area contributed by atoms with Crippen molar-refractivity contribution in [3.8, 4) is 0 Å². The predicted octanol–water partition coefficient (Wildman–Crippen LogP) is 5.92. The number of halogens is 2. The fourth-order valence-electron chi connectivity index (χ4n) is 3.84. The van der Waals surface area contributed by atoms with Crippen LogP contribution in [0.25, 0.3) is 11.0 Å². The van der Waals surface area contributed by atoms with E-state index in [4.69, 9.17) is 27.6 Å². The van der Waals surface area contributed by atoms with Gasteiger partial charge in [0.1, 0.15) is 5.58 Å². The first-order valence-electron chi connectivity index (χ1n) is 9.60. The Morgan fingerprint density at radius 2 is 1.84 bits per heavy atom. The molecule has 6 nitrogen and oxygen atoms in total. The van der Waals surface area contributed by atoms with Gasteiger partial charge in [0.05, 0.1) is 11.6 Å². The van der Waals surface area contributed by atoms with E-state index in [1.165, 1.54) is 11.0 Å². The summed E-state index contributed by atoms with van der Waals surface area (Å²) in [5.41, 5.74) is 1.34. The topological polar surface area (TPSA) is 83.6 Å². The lowest BCUT2D eigenvalue weighted by molar-refractivity contribution is -0.117. The third-order valence-corrected chi connectivity index (χ3v) is 5.71. The second-order valence-corrected chi connectivity index (χ2v) is 8.10. The summed E-state index contributed by atoms with van der Waals surface area (Å²) in [7, 11) is 0. The van der Waals surface area contributed by atoms with Gasteiger partial charge < -0.3 is 9.52 Å². The summed E-state index contributed by atoms with van der Waals surface area (Å²) in [6.45, 7) is 0. The number of aromatic nitrogens is 1. The fraction of sp³-hybridized carbons (Fsp3) is 0.0417. The van der Waals surface area contributed by atoms with Gasteiger partial charge in [0, 0.05) is 33.5 Å². The van der Waals surface area contributed by atoms with E-state index in [0.29, 0.717) is 32.3 Å². The van der Waals surface area contributed by atoms with Crippen molar-refractivity contribution in [3.63, 3.8) is 0 Å². The van der Waals surface area contributed by atoms with Crippen molar-refractivity contribution in [1.82, 2.24) is 4.98 Å². The molecular formula is C24H14Cl2N2O4. The Kier molecular flexibility index (Phi) is 4.96. The SMILES string of the molecule is O=C(C1=C(O)C(=O)N(c2cccc(Cl)c2)C1c1cccnc1)c1cc2cc(Cl)ccc2o1. The number of Topliss-reactive ketones (excluding diaryl/α,β-unsaturated/α-hetero) is 1. The van der Waals surface area contributed by atoms with E-state index >= 15 is 0 Å². The molecule has 1 amide bonds. The van der Waals surface area contributed by atoms with Crippen LogP contribution in [-0.2, 0) is 4.79 Å². The number of fused-ring (bicyclic) bond motifs is 1. The highest BCUT2D eigenvalue weighted by Gasteiger charge is 2.45. The largest absolute Gasteiger partial charge is 0.503 e. The normalized spacial score (nSPS) is 16.2. The molecule has 0 radical (unpaired) electrons. The lowest BCUT2D eigenvalue weighted by Gasteiger charge is -2.26. The fourth-order valence-corrected chi connectivity index (χ4v) is 4.21. The molecule has 3 heterocycles. The highest BCUT2D eigenvalue weighted by Crippen LogP contribution is 2.42. The van der Waals surface area contributed by atoms with E-state index in [9.17, 15) is 14.7 Å². The Balaban J connectivity index is 1.66. The Morgan fingerprint density at radius 3 is 2.59 bits per heavy atom. The minimum Gasteiger partial charge on any atom is -0.503 e. The van der Waals surface area contributed by atoms with E-state index in [2.05, 4.69) is 4.98 Å². The minimum atomic E-state index is -0.918. The molecule has 1 aliphatic rings. The van der Waals surface area contributed by atoms with Crippen LogP contribution in [0.5, 0.6) is 0 Å². The average Bonchev–Trinajstić information content (AvgIpc) is 3.32. The molecule has 0 bridgehead atoms.